The number of ether oxygens (including phenoxy) is 3. The molecule has 39 heavy (non-hydrogen) atoms. The zero-order valence-corrected chi connectivity index (χ0v) is 24.4. The molecule has 0 heterocycles. The van der Waals surface area contributed by atoms with Crippen molar-refractivity contribution in [2.24, 2.45) is 0 Å². The number of para-hydroxylation sites is 1. The standard InChI is InChI=1S/C29H23Cl2F3O4.Na.H/c30-22-6-3-4-19(14-22)17-36-28(37-18-20-8-13-25(26(31)15-20)29(32,33)34)16-21-5-1-2-7-27(21)38-24-11-9-23(35)10-12-24;;/h1-15,28,35H,16-18H2;;/q;+1;-1. The van der Waals surface area contributed by atoms with Gasteiger partial charge in [0.2, 0.25) is 0 Å². The summed E-state index contributed by atoms with van der Waals surface area (Å²) in [5.74, 6) is 1.22. The summed E-state index contributed by atoms with van der Waals surface area (Å²) in [6.45, 7) is 0.166. The molecule has 0 saturated carbocycles. The summed E-state index contributed by atoms with van der Waals surface area (Å²) in [5, 5.41) is 9.70. The maximum Gasteiger partial charge on any atom is 1.00 e. The molecule has 0 radical (unpaired) electrons. The average molecular weight is 587 g/mol. The molecule has 4 aromatic rings. The normalized spacial score (nSPS) is 12.0. The molecule has 1 N–H and O–H groups in total. The van der Waals surface area contributed by atoms with Crippen molar-refractivity contribution in [2.75, 3.05) is 0 Å². The molecule has 1 unspecified atom stereocenters. The van der Waals surface area contributed by atoms with Crippen molar-refractivity contribution in [2.45, 2.75) is 32.1 Å². The number of phenols is 1. The van der Waals surface area contributed by atoms with Gasteiger partial charge in [0.1, 0.15) is 17.2 Å². The predicted molar refractivity (Wildman–Crippen MR) is 141 cm³/mol. The summed E-state index contributed by atoms with van der Waals surface area (Å²) in [5.41, 5.74) is 1.17. The van der Waals surface area contributed by atoms with E-state index in [9.17, 15) is 18.3 Å². The largest absolute Gasteiger partial charge is 1.00 e. The number of rotatable bonds is 10. The molecule has 0 amide bonds. The van der Waals surface area contributed by atoms with Gasteiger partial charge in [0.25, 0.3) is 0 Å². The Morgan fingerprint density at radius 2 is 1.46 bits per heavy atom. The van der Waals surface area contributed by atoms with E-state index in [1.54, 1.807) is 30.3 Å². The van der Waals surface area contributed by atoms with Crippen molar-refractivity contribution in [3.63, 3.8) is 0 Å². The first-order valence-electron chi connectivity index (χ1n) is 11.6. The third-order valence-corrected chi connectivity index (χ3v) is 6.07. The van der Waals surface area contributed by atoms with Gasteiger partial charge in [0.15, 0.2) is 6.29 Å². The molecule has 0 bridgehead atoms. The van der Waals surface area contributed by atoms with Crippen molar-refractivity contribution in [1.29, 1.82) is 0 Å². The van der Waals surface area contributed by atoms with Gasteiger partial charge in [-0.1, -0.05) is 59.6 Å². The summed E-state index contributed by atoms with van der Waals surface area (Å²) in [4.78, 5) is 0. The summed E-state index contributed by atoms with van der Waals surface area (Å²) in [6, 6.07) is 24.4. The molecule has 0 aromatic heterocycles. The maximum absolute atomic E-state index is 13.1. The van der Waals surface area contributed by atoms with Crippen LogP contribution in [0.4, 0.5) is 13.2 Å². The second-order valence-corrected chi connectivity index (χ2v) is 9.24. The number of halogens is 5. The molecule has 4 aromatic carbocycles. The van der Waals surface area contributed by atoms with E-state index in [4.69, 9.17) is 37.4 Å². The summed E-state index contributed by atoms with van der Waals surface area (Å²) in [7, 11) is 0. The number of phenolic OH excluding ortho intramolecular Hbond substituents is 1. The van der Waals surface area contributed by atoms with Gasteiger partial charge in [0, 0.05) is 11.4 Å². The van der Waals surface area contributed by atoms with Gasteiger partial charge >= 0.3 is 35.7 Å². The summed E-state index contributed by atoms with van der Waals surface area (Å²) < 4.78 is 57.3. The fourth-order valence-electron chi connectivity index (χ4n) is 3.64. The molecular weight excluding hydrogens is 563 g/mol. The molecule has 0 aliphatic heterocycles. The second kappa shape index (κ2) is 14.4. The van der Waals surface area contributed by atoms with Crippen LogP contribution >= 0.6 is 23.2 Å². The SMILES string of the molecule is Oc1ccc(Oc2ccccc2CC(OCc2cccc(Cl)c2)OCc2ccc(C(F)(F)F)c(Cl)c2)cc1.[H-].[Na+]. The van der Waals surface area contributed by atoms with Crippen LogP contribution in [-0.4, -0.2) is 11.4 Å². The van der Waals surface area contributed by atoms with E-state index in [1.807, 2.05) is 30.3 Å². The van der Waals surface area contributed by atoms with Crippen LogP contribution in [0.2, 0.25) is 10.0 Å². The second-order valence-electron chi connectivity index (χ2n) is 8.40. The first kappa shape index (κ1) is 31.3. The van der Waals surface area contributed by atoms with E-state index in [1.165, 1.54) is 24.3 Å². The van der Waals surface area contributed by atoms with Gasteiger partial charge in [-0.2, -0.15) is 13.2 Å². The van der Waals surface area contributed by atoms with Crippen LogP contribution in [0.15, 0.2) is 91.0 Å². The van der Waals surface area contributed by atoms with Crippen LogP contribution in [0, 0.1) is 0 Å². The smallest absolute Gasteiger partial charge is 1.00 e. The Balaban J connectivity index is 0.00000280. The third kappa shape index (κ3) is 9.43. The van der Waals surface area contributed by atoms with Crippen LogP contribution in [0.3, 0.4) is 0 Å². The number of aromatic hydroxyl groups is 1. The Morgan fingerprint density at radius 3 is 2.10 bits per heavy atom. The third-order valence-electron chi connectivity index (χ3n) is 5.52. The Morgan fingerprint density at radius 1 is 0.795 bits per heavy atom. The number of alkyl halides is 3. The number of hydrogen-bond donors (Lipinski definition) is 1. The van der Waals surface area contributed by atoms with Crippen molar-refractivity contribution in [3.8, 4) is 17.2 Å². The Kier molecular flexibility index (Phi) is 11.6. The molecule has 0 aliphatic rings. The summed E-state index contributed by atoms with van der Waals surface area (Å²) in [6.07, 6.45) is -5.04. The average Bonchev–Trinajstić information content (AvgIpc) is 2.87. The molecule has 0 fully saturated rings. The van der Waals surface area contributed by atoms with Crippen LogP contribution in [0.5, 0.6) is 17.2 Å². The zero-order valence-electron chi connectivity index (χ0n) is 21.9. The molecule has 0 saturated heterocycles. The first-order valence-corrected chi connectivity index (χ1v) is 12.3. The van der Waals surface area contributed by atoms with Gasteiger partial charge in [-0.15, -0.1) is 0 Å². The Bertz CT molecular complexity index is 1370. The van der Waals surface area contributed by atoms with E-state index in [2.05, 4.69) is 0 Å². The minimum Gasteiger partial charge on any atom is -1.00 e. The number of hydrogen-bond acceptors (Lipinski definition) is 4. The van der Waals surface area contributed by atoms with E-state index in [0.29, 0.717) is 22.1 Å². The molecule has 1 atom stereocenters. The van der Waals surface area contributed by atoms with E-state index in [-0.39, 0.29) is 56.4 Å². The van der Waals surface area contributed by atoms with Gasteiger partial charge in [-0.3, -0.25) is 0 Å². The van der Waals surface area contributed by atoms with Crippen molar-refractivity contribution in [3.05, 3.63) is 123 Å². The Hall–Kier alpha value is -2.23. The van der Waals surface area contributed by atoms with Crippen molar-refractivity contribution in [1.82, 2.24) is 0 Å². The van der Waals surface area contributed by atoms with Crippen LogP contribution < -0.4 is 34.3 Å². The minimum absolute atomic E-state index is 0. The monoisotopic (exact) mass is 586 g/mol. The molecule has 10 heteroatoms. The van der Waals surface area contributed by atoms with Crippen LogP contribution in [0.25, 0.3) is 0 Å². The van der Waals surface area contributed by atoms with E-state index >= 15 is 0 Å². The predicted octanol–water partition coefficient (Wildman–Crippen LogP) is 5.93. The van der Waals surface area contributed by atoms with Gasteiger partial charge < -0.3 is 20.7 Å². The molecular formula is C29H24Cl2F3NaO4. The van der Waals surface area contributed by atoms with Crippen LogP contribution in [0.1, 0.15) is 23.7 Å². The summed E-state index contributed by atoms with van der Waals surface area (Å²) >= 11 is 12.0. The first-order chi connectivity index (χ1) is 18.2. The van der Waals surface area contributed by atoms with Gasteiger partial charge in [-0.05, 0) is 71.3 Å². The molecule has 0 spiro atoms. The van der Waals surface area contributed by atoms with Gasteiger partial charge in [0.05, 0.1) is 23.8 Å². The fraction of sp³-hybridized carbons (Fsp3) is 0.172. The maximum atomic E-state index is 13.1. The van der Waals surface area contributed by atoms with E-state index < -0.39 is 23.1 Å². The zero-order chi connectivity index (χ0) is 27.1. The fourth-order valence-corrected chi connectivity index (χ4v) is 4.17. The van der Waals surface area contributed by atoms with Crippen molar-refractivity contribution >= 4 is 23.2 Å². The molecule has 0 aliphatic carbocycles. The molecule has 4 rings (SSSR count). The van der Waals surface area contributed by atoms with Gasteiger partial charge in [-0.25, -0.2) is 0 Å². The van der Waals surface area contributed by atoms with E-state index in [0.717, 1.165) is 17.2 Å². The van der Waals surface area contributed by atoms with Crippen LogP contribution in [-0.2, 0) is 35.3 Å². The molecule has 4 nitrogen and oxygen atoms in total. The minimum atomic E-state index is -4.54. The number of benzene rings is 4. The Labute approximate surface area is 258 Å². The van der Waals surface area contributed by atoms with Crippen molar-refractivity contribution < 1.29 is 63.5 Å². The topological polar surface area (TPSA) is 47.9 Å². The molecule has 200 valence electrons. The quantitative estimate of drug-likeness (QED) is 0.185.